The first kappa shape index (κ1) is 28.1. The van der Waals surface area contributed by atoms with Crippen molar-refractivity contribution in [2.75, 3.05) is 26.4 Å². The van der Waals surface area contributed by atoms with E-state index in [1.165, 1.54) is 0 Å². The van der Waals surface area contributed by atoms with Crippen LogP contribution in [0.4, 0.5) is 0 Å². The molecule has 2 fully saturated rings. The summed E-state index contributed by atoms with van der Waals surface area (Å²) in [7, 11) is 0. The SMILES string of the molecule is CC(=O)OCC1O[C@@H](O[C@@H]2C(COC(C)=O)O[C@@H](OCCN=[N+]=[N-])[C@@H](O)C2O)[C@@H](O)C(O)[C@H]1O. The fourth-order valence-corrected chi connectivity index (χ4v) is 3.32. The van der Waals surface area contributed by atoms with Gasteiger partial charge in [-0.1, -0.05) is 5.11 Å². The lowest BCUT2D eigenvalue weighted by molar-refractivity contribution is -0.359. The van der Waals surface area contributed by atoms with Gasteiger partial charge in [-0.2, -0.15) is 0 Å². The third-order valence-electron chi connectivity index (χ3n) is 5.04. The van der Waals surface area contributed by atoms with Crippen molar-refractivity contribution in [3.05, 3.63) is 10.4 Å². The first-order chi connectivity index (χ1) is 16.1. The van der Waals surface area contributed by atoms with E-state index < -0.39 is 86.6 Å². The monoisotopic (exact) mass is 495 g/mol. The van der Waals surface area contributed by atoms with E-state index in [1.54, 1.807) is 0 Å². The highest BCUT2D eigenvalue weighted by Gasteiger charge is 2.51. The molecule has 5 N–H and O–H groups in total. The van der Waals surface area contributed by atoms with Crippen molar-refractivity contribution >= 4 is 11.9 Å². The van der Waals surface area contributed by atoms with Crippen molar-refractivity contribution in [1.82, 2.24) is 0 Å². The zero-order valence-corrected chi connectivity index (χ0v) is 18.4. The molecule has 16 nitrogen and oxygen atoms in total. The van der Waals surface area contributed by atoms with Crippen LogP contribution in [0.5, 0.6) is 0 Å². The molecule has 2 saturated heterocycles. The molecule has 0 aromatic carbocycles. The third kappa shape index (κ3) is 7.44. The van der Waals surface area contributed by atoms with Crippen LogP contribution < -0.4 is 0 Å². The molecule has 34 heavy (non-hydrogen) atoms. The van der Waals surface area contributed by atoms with Gasteiger partial charge in [-0.3, -0.25) is 9.59 Å². The third-order valence-corrected chi connectivity index (χ3v) is 5.04. The number of ether oxygens (including phenoxy) is 6. The number of nitrogens with zero attached hydrogens (tertiary/aromatic N) is 3. The summed E-state index contributed by atoms with van der Waals surface area (Å²) in [5.41, 5.74) is 8.31. The van der Waals surface area contributed by atoms with E-state index in [9.17, 15) is 35.1 Å². The van der Waals surface area contributed by atoms with Crippen molar-refractivity contribution in [1.29, 1.82) is 0 Å². The minimum Gasteiger partial charge on any atom is -0.463 e. The number of aliphatic hydroxyl groups excluding tert-OH is 5. The molecule has 0 radical (unpaired) electrons. The number of esters is 2. The molecule has 0 spiro atoms. The van der Waals surface area contributed by atoms with Gasteiger partial charge < -0.3 is 54.0 Å². The van der Waals surface area contributed by atoms with Crippen LogP contribution in [0.25, 0.3) is 10.4 Å². The summed E-state index contributed by atoms with van der Waals surface area (Å²) in [5.74, 6) is -1.36. The second-order valence-electron chi connectivity index (χ2n) is 7.57. The van der Waals surface area contributed by atoms with Crippen LogP contribution in [-0.2, 0) is 38.0 Å². The van der Waals surface area contributed by atoms with Gasteiger partial charge in [0.25, 0.3) is 0 Å². The fraction of sp³-hybridized carbons (Fsp3) is 0.889. The highest BCUT2D eigenvalue weighted by atomic mass is 16.7. The minimum absolute atomic E-state index is 0.0836. The Labute approximate surface area is 193 Å². The molecule has 2 aliphatic heterocycles. The quantitative estimate of drug-likeness (QED) is 0.0671. The molecular formula is C18H29N3O13. The van der Waals surface area contributed by atoms with Gasteiger partial charge in [-0.15, -0.1) is 0 Å². The lowest BCUT2D eigenvalue weighted by Gasteiger charge is -2.46. The van der Waals surface area contributed by atoms with Crippen molar-refractivity contribution in [2.45, 2.75) is 75.3 Å². The molecule has 16 heteroatoms. The first-order valence-corrected chi connectivity index (χ1v) is 10.3. The zero-order valence-electron chi connectivity index (χ0n) is 18.4. The zero-order chi connectivity index (χ0) is 25.4. The van der Waals surface area contributed by atoms with Crippen molar-refractivity contribution in [2.24, 2.45) is 5.11 Å². The summed E-state index contributed by atoms with van der Waals surface area (Å²) in [5, 5.41) is 54.9. The second kappa shape index (κ2) is 13.1. The van der Waals surface area contributed by atoms with Gasteiger partial charge in [0.05, 0.1) is 6.61 Å². The highest BCUT2D eigenvalue weighted by Crippen LogP contribution is 2.30. The van der Waals surface area contributed by atoms with Gasteiger partial charge in [-0.25, -0.2) is 0 Å². The van der Waals surface area contributed by atoms with E-state index in [-0.39, 0.29) is 13.2 Å². The number of carbonyl (C=O) groups is 2. The second-order valence-corrected chi connectivity index (χ2v) is 7.57. The Kier molecular flexibility index (Phi) is 10.8. The summed E-state index contributed by atoms with van der Waals surface area (Å²) < 4.78 is 31.5. The molecule has 2 heterocycles. The Morgan fingerprint density at radius 2 is 1.41 bits per heavy atom. The Hall–Kier alpha value is -2.11. The molecule has 2 aliphatic rings. The van der Waals surface area contributed by atoms with Crippen LogP contribution in [0.3, 0.4) is 0 Å². The standard InChI is InChI=1S/C18H29N3O13/c1-7(22)30-5-9-11(24)12(25)14(27)18(32-9)34-16-10(6-31-8(2)23)33-17(15(28)13(16)26)29-4-3-20-21-19/h9-18,24-28H,3-6H2,1-2H3/t9?,10?,11-,12?,13?,14-,15-,16+,17+,18-/m0/s1. The normalized spacial score (nSPS) is 38.0. The molecule has 4 unspecified atom stereocenters. The predicted octanol–water partition coefficient (Wildman–Crippen LogP) is -2.92. The number of carbonyl (C=O) groups excluding carboxylic acids is 2. The Morgan fingerprint density at radius 3 is 2.00 bits per heavy atom. The van der Waals surface area contributed by atoms with Crippen molar-refractivity contribution in [3.8, 4) is 0 Å². The molecule has 0 bridgehead atoms. The van der Waals surface area contributed by atoms with Gasteiger partial charge in [0.15, 0.2) is 12.6 Å². The molecule has 0 aromatic rings. The molecule has 0 amide bonds. The molecule has 0 aromatic heterocycles. The molecule has 194 valence electrons. The lowest BCUT2D eigenvalue weighted by atomic mass is 9.97. The van der Waals surface area contributed by atoms with E-state index in [1.807, 2.05) is 0 Å². The number of aliphatic hydroxyl groups is 5. The van der Waals surface area contributed by atoms with Crippen LogP contribution in [0.2, 0.25) is 0 Å². The fourth-order valence-electron chi connectivity index (χ4n) is 3.32. The average molecular weight is 495 g/mol. The minimum atomic E-state index is -1.81. The largest absolute Gasteiger partial charge is 0.463 e. The summed E-state index contributed by atoms with van der Waals surface area (Å²) in [6.07, 6.45) is -15.7. The first-order valence-electron chi connectivity index (χ1n) is 10.3. The summed E-state index contributed by atoms with van der Waals surface area (Å²) >= 11 is 0. The van der Waals surface area contributed by atoms with E-state index in [2.05, 4.69) is 10.0 Å². The van der Waals surface area contributed by atoms with Gasteiger partial charge in [0.2, 0.25) is 0 Å². The summed E-state index contributed by atoms with van der Waals surface area (Å²) in [4.78, 5) is 24.9. The van der Waals surface area contributed by atoms with Crippen LogP contribution in [0, 0.1) is 0 Å². The lowest BCUT2D eigenvalue weighted by Crippen LogP contribution is -2.65. The molecule has 0 saturated carbocycles. The van der Waals surface area contributed by atoms with Gasteiger partial charge in [-0.05, 0) is 5.53 Å². The van der Waals surface area contributed by atoms with Crippen LogP contribution in [-0.4, -0.2) is 125 Å². The maximum absolute atomic E-state index is 11.3. The molecule has 10 atom stereocenters. The summed E-state index contributed by atoms with van der Waals surface area (Å²) in [6, 6.07) is 0. The number of azide groups is 1. The van der Waals surface area contributed by atoms with Crippen LogP contribution >= 0.6 is 0 Å². The van der Waals surface area contributed by atoms with E-state index in [4.69, 9.17) is 34.0 Å². The number of rotatable bonds is 10. The topological polar surface area (TPSA) is 239 Å². The average Bonchev–Trinajstić information content (AvgIpc) is 2.79. The van der Waals surface area contributed by atoms with Gasteiger partial charge in [0, 0.05) is 25.3 Å². The molecule has 2 rings (SSSR count). The van der Waals surface area contributed by atoms with Crippen molar-refractivity contribution < 1.29 is 63.5 Å². The van der Waals surface area contributed by atoms with E-state index >= 15 is 0 Å². The van der Waals surface area contributed by atoms with Crippen LogP contribution in [0.1, 0.15) is 13.8 Å². The Balaban J connectivity index is 2.15. The number of hydrogen-bond donors (Lipinski definition) is 5. The van der Waals surface area contributed by atoms with E-state index in [0.29, 0.717) is 0 Å². The maximum Gasteiger partial charge on any atom is 0.302 e. The Morgan fingerprint density at radius 1 is 0.853 bits per heavy atom. The smallest absolute Gasteiger partial charge is 0.302 e. The highest BCUT2D eigenvalue weighted by molar-refractivity contribution is 5.66. The summed E-state index contributed by atoms with van der Waals surface area (Å²) in [6.45, 7) is 1.09. The maximum atomic E-state index is 11.3. The number of hydrogen-bond acceptors (Lipinski definition) is 14. The Bertz CT molecular complexity index is 736. The predicted molar refractivity (Wildman–Crippen MR) is 105 cm³/mol. The van der Waals surface area contributed by atoms with E-state index in [0.717, 1.165) is 13.8 Å². The molecular weight excluding hydrogens is 466 g/mol. The van der Waals surface area contributed by atoms with Crippen LogP contribution in [0.15, 0.2) is 5.11 Å². The van der Waals surface area contributed by atoms with Gasteiger partial charge in [0.1, 0.15) is 62.0 Å². The van der Waals surface area contributed by atoms with Gasteiger partial charge >= 0.3 is 11.9 Å². The van der Waals surface area contributed by atoms with Crippen molar-refractivity contribution in [3.63, 3.8) is 0 Å². The molecule has 0 aliphatic carbocycles.